The fraction of sp³-hybridized carbons (Fsp3) is 0.364. The van der Waals surface area contributed by atoms with Crippen LogP contribution in [-0.4, -0.2) is 54.8 Å². The maximum Gasteiger partial charge on any atom is 0.255 e. The summed E-state index contributed by atoms with van der Waals surface area (Å²) < 4.78 is 6.65. The Bertz CT molecular complexity index is 1030. The van der Waals surface area contributed by atoms with E-state index in [-0.39, 0.29) is 5.91 Å². The van der Waals surface area contributed by atoms with Crippen molar-refractivity contribution in [2.75, 3.05) is 43.9 Å². The number of aromatic nitrogens is 1. The van der Waals surface area contributed by atoms with Gasteiger partial charge in [0.05, 0.1) is 17.4 Å². The highest BCUT2D eigenvalue weighted by molar-refractivity contribution is 7.99. The summed E-state index contributed by atoms with van der Waals surface area (Å²) in [7, 11) is 1.68. The third kappa shape index (κ3) is 3.94. The van der Waals surface area contributed by atoms with E-state index in [2.05, 4.69) is 24.8 Å². The fourth-order valence-electron chi connectivity index (χ4n) is 3.59. The third-order valence-corrected chi connectivity index (χ3v) is 7.37. The van der Waals surface area contributed by atoms with Crippen LogP contribution in [0, 0.1) is 6.92 Å². The Hall–Kier alpha value is -2.25. The summed E-state index contributed by atoms with van der Waals surface area (Å²) in [6.45, 7) is 7.20. The first kappa shape index (κ1) is 20.0. The van der Waals surface area contributed by atoms with Crippen LogP contribution in [-0.2, 0) is 0 Å². The molecule has 3 aromatic rings. The number of hydrogen-bond acceptors (Lipinski definition) is 6. The molecule has 1 aromatic heterocycles. The largest absolute Gasteiger partial charge is 0.494 e. The minimum absolute atomic E-state index is 0.128. The second-order valence-corrected chi connectivity index (χ2v) is 9.25. The number of nitrogens with zero attached hydrogens (tertiary/aromatic N) is 3. The monoisotopic (exact) mass is 427 g/mol. The second kappa shape index (κ2) is 8.63. The van der Waals surface area contributed by atoms with Crippen molar-refractivity contribution in [2.45, 2.75) is 18.7 Å². The Morgan fingerprint density at radius 2 is 1.93 bits per heavy atom. The number of rotatable bonds is 5. The Kier molecular flexibility index (Phi) is 5.96. The van der Waals surface area contributed by atoms with Gasteiger partial charge in [-0.15, -0.1) is 11.8 Å². The first-order chi connectivity index (χ1) is 14.1. The maximum atomic E-state index is 13.1. The standard InChI is InChI=1S/C22H25N3O2S2/c1-4-28-18-8-6-5-7-16(18)21(26)24-11-13-25(14-12-24)22-23-19-17(27-3)10-9-15(2)20(19)29-22/h5-10H,4,11-14H2,1-3H3. The van der Waals surface area contributed by atoms with Crippen LogP contribution in [0.5, 0.6) is 5.75 Å². The molecule has 0 bridgehead atoms. The van der Waals surface area contributed by atoms with Gasteiger partial charge in [-0.25, -0.2) is 4.98 Å². The van der Waals surface area contributed by atoms with Gasteiger partial charge in [-0.3, -0.25) is 4.79 Å². The Balaban J connectivity index is 1.49. The molecule has 0 atom stereocenters. The lowest BCUT2D eigenvalue weighted by Crippen LogP contribution is -2.48. The smallest absolute Gasteiger partial charge is 0.255 e. The minimum Gasteiger partial charge on any atom is -0.494 e. The van der Waals surface area contributed by atoms with Crippen LogP contribution in [0.1, 0.15) is 22.8 Å². The molecule has 0 spiro atoms. The number of ether oxygens (including phenoxy) is 1. The third-order valence-electron chi connectivity index (χ3n) is 5.17. The van der Waals surface area contributed by atoms with Crippen molar-refractivity contribution in [1.82, 2.24) is 9.88 Å². The molecule has 0 unspecified atom stereocenters. The van der Waals surface area contributed by atoms with Gasteiger partial charge in [0.2, 0.25) is 0 Å². The van der Waals surface area contributed by atoms with Crippen LogP contribution in [0.2, 0.25) is 0 Å². The number of hydrogen-bond donors (Lipinski definition) is 0. The van der Waals surface area contributed by atoms with E-state index < -0.39 is 0 Å². The van der Waals surface area contributed by atoms with Crippen molar-refractivity contribution < 1.29 is 9.53 Å². The summed E-state index contributed by atoms with van der Waals surface area (Å²) in [4.78, 5) is 23.2. The molecule has 1 aliphatic rings. The number of anilines is 1. The van der Waals surface area contributed by atoms with E-state index in [1.165, 1.54) is 10.3 Å². The topological polar surface area (TPSA) is 45.7 Å². The Morgan fingerprint density at radius 3 is 2.66 bits per heavy atom. The average molecular weight is 428 g/mol. The molecule has 1 aliphatic heterocycles. The molecule has 152 valence electrons. The van der Waals surface area contributed by atoms with Crippen molar-refractivity contribution in [3.8, 4) is 5.75 Å². The van der Waals surface area contributed by atoms with E-state index in [1.54, 1.807) is 30.2 Å². The minimum atomic E-state index is 0.128. The first-order valence-corrected chi connectivity index (χ1v) is 11.6. The number of carbonyl (C=O) groups is 1. The van der Waals surface area contributed by atoms with Crippen LogP contribution < -0.4 is 9.64 Å². The van der Waals surface area contributed by atoms with Crippen LogP contribution >= 0.6 is 23.1 Å². The summed E-state index contributed by atoms with van der Waals surface area (Å²) in [5.41, 5.74) is 2.95. The SMILES string of the molecule is CCSc1ccccc1C(=O)N1CCN(c2nc3c(OC)ccc(C)c3s2)CC1. The van der Waals surface area contributed by atoms with E-state index in [4.69, 9.17) is 9.72 Å². The lowest BCUT2D eigenvalue weighted by Gasteiger charge is -2.34. The molecular weight excluding hydrogens is 402 g/mol. The molecule has 0 N–H and O–H groups in total. The average Bonchev–Trinajstić information content (AvgIpc) is 3.21. The number of methoxy groups -OCH3 is 1. The fourth-order valence-corrected chi connectivity index (χ4v) is 5.49. The summed E-state index contributed by atoms with van der Waals surface area (Å²) in [5.74, 6) is 1.90. The number of carbonyl (C=O) groups excluding carboxylic acids is 1. The van der Waals surface area contributed by atoms with E-state index in [1.807, 2.05) is 35.2 Å². The molecular formula is C22H25N3O2S2. The molecule has 0 radical (unpaired) electrons. The van der Waals surface area contributed by atoms with Crippen molar-refractivity contribution >= 4 is 44.4 Å². The van der Waals surface area contributed by atoms with Crippen molar-refractivity contribution in [2.24, 2.45) is 0 Å². The van der Waals surface area contributed by atoms with Gasteiger partial charge in [0.1, 0.15) is 11.3 Å². The number of fused-ring (bicyclic) bond motifs is 1. The predicted octanol–water partition coefficient (Wildman–Crippen LogP) is 4.69. The number of piperazine rings is 1. The first-order valence-electron chi connectivity index (χ1n) is 9.82. The van der Waals surface area contributed by atoms with Crippen molar-refractivity contribution in [3.05, 3.63) is 47.5 Å². The number of aryl methyl sites for hydroxylation is 1. The number of thiazole rings is 1. The van der Waals surface area contributed by atoms with Crippen LogP contribution in [0.15, 0.2) is 41.3 Å². The lowest BCUT2D eigenvalue weighted by atomic mass is 10.2. The van der Waals surface area contributed by atoms with Gasteiger partial charge in [-0.05, 0) is 36.4 Å². The molecule has 4 rings (SSSR count). The molecule has 2 aromatic carbocycles. The van der Waals surface area contributed by atoms with Crippen LogP contribution in [0.25, 0.3) is 10.2 Å². The molecule has 0 saturated carbocycles. The highest BCUT2D eigenvalue weighted by atomic mass is 32.2. The molecule has 1 amide bonds. The maximum absolute atomic E-state index is 13.1. The van der Waals surface area contributed by atoms with Gasteiger partial charge in [0.25, 0.3) is 5.91 Å². The lowest BCUT2D eigenvalue weighted by molar-refractivity contribution is 0.0743. The van der Waals surface area contributed by atoms with E-state index in [0.29, 0.717) is 13.1 Å². The van der Waals surface area contributed by atoms with E-state index in [0.717, 1.165) is 45.7 Å². The zero-order valence-electron chi connectivity index (χ0n) is 17.0. The summed E-state index contributed by atoms with van der Waals surface area (Å²) in [6, 6.07) is 12.0. The van der Waals surface area contributed by atoms with E-state index in [9.17, 15) is 4.79 Å². The highest BCUT2D eigenvalue weighted by Crippen LogP contribution is 2.36. The van der Waals surface area contributed by atoms with E-state index >= 15 is 0 Å². The number of thioether (sulfide) groups is 1. The van der Waals surface area contributed by atoms with Gasteiger partial charge < -0.3 is 14.5 Å². The molecule has 1 fully saturated rings. The van der Waals surface area contributed by atoms with Gasteiger partial charge in [-0.2, -0.15) is 0 Å². The molecule has 5 nitrogen and oxygen atoms in total. The zero-order valence-corrected chi connectivity index (χ0v) is 18.6. The van der Waals surface area contributed by atoms with Crippen LogP contribution in [0.3, 0.4) is 0 Å². The zero-order chi connectivity index (χ0) is 20.4. The Morgan fingerprint density at radius 1 is 1.17 bits per heavy atom. The number of amides is 1. The number of benzene rings is 2. The second-order valence-electron chi connectivity index (χ2n) is 6.97. The predicted molar refractivity (Wildman–Crippen MR) is 122 cm³/mol. The van der Waals surface area contributed by atoms with Gasteiger partial charge in [0.15, 0.2) is 5.13 Å². The van der Waals surface area contributed by atoms with Gasteiger partial charge in [0, 0.05) is 31.1 Å². The van der Waals surface area contributed by atoms with Crippen LogP contribution in [0.4, 0.5) is 5.13 Å². The van der Waals surface area contributed by atoms with Gasteiger partial charge in [-0.1, -0.05) is 36.5 Å². The molecule has 2 heterocycles. The summed E-state index contributed by atoms with van der Waals surface area (Å²) in [5, 5.41) is 1.00. The van der Waals surface area contributed by atoms with Gasteiger partial charge >= 0.3 is 0 Å². The highest BCUT2D eigenvalue weighted by Gasteiger charge is 2.25. The quantitative estimate of drug-likeness (QED) is 0.553. The van der Waals surface area contributed by atoms with Crippen molar-refractivity contribution in [3.63, 3.8) is 0 Å². The molecule has 29 heavy (non-hydrogen) atoms. The normalized spacial score (nSPS) is 14.4. The molecule has 1 saturated heterocycles. The molecule has 7 heteroatoms. The van der Waals surface area contributed by atoms with Crippen molar-refractivity contribution in [1.29, 1.82) is 0 Å². The summed E-state index contributed by atoms with van der Waals surface area (Å²) in [6.07, 6.45) is 0. The molecule has 0 aliphatic carbocycles. The summed E-state index contributed by atoms with van der Waals surface area (Å²) >= 11 is 3.42. The Labute approximate surface area is 179 Å².